The van der Waals surface area contributed by atoms with Crippen LogP contribution in [0.3, 0.4) is 0 Å². The highest BCUT2D eigenvalue weighted by Gasteiger charge is 2.21. The minimum absolute atomic E-state index is 0.245. The maximum Gasteiger partial charge on any atom is 0.176 e. The molecule has 0 saturated carbocycles. The Hall–Kier alpha value is -1.19. The van der Waals surface area contributed by atoms with Gasteiger partial charge in [-0.1, -0.05) is 19.1 Å². The van der Waals surface area contributed by atoms with Gasteiger partial charge in [0, 0.05) is 37.8 Å². The number of ketones is 1. The zero-order chi connectivity index (χ0) is 15.4. The van der Waals surface area contributed by atoms with Crippen LogP contribution in [-0.2, 0) is 0 Å². The third kappa shape index (κ3) is 4.14. The van der Waals surface area contributed by atoms with E-state index in [0.29, 0.717) is 12.6 Å². The first-order chi connectivity index (χ1) is 10.0. The largest absolute Gasteiger partial charge is 0.298 e. The van der Waals surface area contributed by atoms with Crippen molar-refractivity contribution in [2.24, 2.45) is 0 Å². The van der Waals surface area contributed by atoms with Gasteiger partial charge in [0.2, 0.25) is 0 Å². The van der Waals surface area contributed by atoms with Gasteiger partial charge in [-0.05, 0) is 44.4 Å². The molecule has 2 rings (SSSR count). The second-order valence-corrected chi connectivity index (χ2v) is 6.29. The zero-order valence-corrected chi connectivity index (χ0v) is 13.9. The Morgan fingerprint density at radius 2 is 1.81 bits per heavy atom. The lowest BCUT2D eigenvalue weighted by molar-refractivity contribution is 0.0784. The fourth-order valence-corrected chi connectivity index (χ4v) is 2.83. The molecule has 1 unspecified atom stereocenters. The molecule has 116 valence electrons. The van der Waals surface area contributed by atoms with Crippen LogP contribution in [0.5, 0.6) is 0 Å². The van der Waals surface area contributed by atoms with Crippen LogP contribution in [0.15, 0.2) is 18.2 Å². The summed E-state index contributed by atoms with van der Waals surface area (Å²) in [5, 5.41) is 0. The highest BCUT2D eigenvalue weighted by Crippen LogP contribution is 2.13. The average Bonchev–Trinajstić information content (AvgIpc) is 2.50. The summed E-state index contributed by atoms with van der Waals surface area (Å²) < 4.78 is 0. The normalized spacial score (nSPS) is 18.7. The summed E-state index contributed by atoms with van der Waals surface area (Å²) in [6.07, 6.45) is 1.20. The van der Waals surface area contributed by atoms with E-state index in [1.807, 2.05) is 18.2 Å². The standard InChI is InChI=1S/C18H28N2O/c1-5-16(4)20-10-8-19(9-11-20)13-18(21)17-7-6-14(2)15(3)12-17/h6-7,12,16H,5,8-11,13H2,1-4H3. The van der Waals surface area contributed by atoms with Crippen LogP contribution in [0.1, 0.15) is 41.8 Å². The molecule has 1 aromatic rings. The van der Waals surface area contributed by atoms with Crippen molar-refractivity contribution in [3.63, 3.8) is 0 Å². The Morgan fingerprint density at radius 1 is 1.14 bits per heavy atom. The number of aryl methyl sites for hydroxylation is 2. The van der Waals surface area contributed by atoms with Crippen molar-refractivity contribution in [2.45, 2.75) is 40.2 Å². The predicted octanol–water partition coefficient (Wildman–Crippen LogP) is 2.90. The lowest BCUT2D eigenvalue weighted by atomic mass is 10.0. The Morgan fingerprint density at radius 3 is 2.38 bits per heavy atom. The van der Waals surface area contributed by atoms with Crippen molar-refractivity contribution in [1.29, 1.82) is 0 Å². The number of nitrogens with zero attached hydrogens (tertiary/aromatic N) is 2. The fourth-order valence-electron chi connectivity index (χ4n) is 2.83. The second-order valence-electron chi connectivity index (χ2n) is 6.29. The molecule has 3 heteroatoms. The Balaban J connectivity index is 1.88. The molecule has 1 aliphatic heterocycles. The van der Waals surface area contributed by atoms with E-state index in [2.05, 4.69) is 37.5 Å². The van der Waals surface area contributed by atoms with Gasteiger partial charge in [0.1, 0.15) is 0 Å². The van der Waals surface area contributed by atoms with Crippen LogP contribution < -0.4 is 0 Å². The minimum atomic E-state index is 0.245. The van der Waals surface area contributed by atoms with E-state index < -0.39 is 0 Å². The number of benzene rings is 1. The van der Waals surface area contributed by atoms with Gasteiger partial charge >= 0.3 is 0 Å². The summed E-state index contributed by atoms with van der Waals surface area (Å²) in [5.74, 6) is 0.245. The van der Waals surface area contributed by atoms with Crippen LogP contribution >= 0.6 is 0 Å². The number of hydrogen-bond donors (Lipinski definition) is 0. The maximum atomic E-state index is 12.4. The first-order valence-electron chi connectivity index (χ1n) is 8.08. The van der Waals surface area contributed by atoms with Crippen LogP contribution in [0, 0.1) is 13.8 Å². The predicted molar refractivity (Wildman–Crippen MR) is 88.0 cm³/mol. The van der Waals surface area contributed by atoms with E-state index in [1.54, 1.807) is 0 Å². The molecule has 1 aliphatic rings. The second kappa shape index (κ2) is 7.19. The van der Waals surface area contributed by atoms with Gasteiger partial charge in [0.25, 0.3) is 0 Å². The molecule has 1 atom stereocenters. The number of rotatable bonds is 5. The summed E-state index contributed by atoms with van der Waals surface area (Å²) >= 11 is 0. The molecule has 0 radical (unpaired) electrons. The summed E-state index contributed by atoms with van der Waals surface area (Å²) in [7, 11) is 0. The molecule has 0 aromatic heterocycles. The molecule has 0 spiro atoms. The molecule has 3 nitrogen and oxygen atoms in total. The van der Waals surface area contributed by atoms with Crippen LogP contribution in [0.4, 0.5) is 0 Å². The molecule has 21 heavy (non-hydrogen) atoms. The number of piperazine rings is 1. The monoisotopic (exact) mass is 288 g/mol. The van der Waals surface area contributed by atoms with Gasteiger partial charge < -0.3 is 0 Å². The molecule has 1 aromatic carbocycles. The molecular weight excluding hydrogens is 260 g/mol. The zero-order valence-electron chi connectivity index (χ0n) is 13.9. The minimum Gasteiger partial charge on any atom is -0.298 e. The summed E-state index contributed by atoms with van der Waals surface area (Å²) in [6.45, 7) is 13.4. The molecule has 0 aliphatic carbocycles. The molecule has 1 saturated heterocycles. The summed E-state index contributed by atoms with van der Waals surface area (Å²) in [5.41, 5.74) is 3.29. The molecule has 1 fully saturated rings. The molecule has 0 N–H and O–H groups in total. The molecule has 1 heterocycles. The third-order valence-electron chi connectivity index (χ3n) is 4.82. The molecular formula is C18H28N2O. The Kier molecular flexibility index (Phi) is 5.54. The number of hydrogen-bond acceptors (Lipinski definition) is 3. The summed E-state index contributed by atoms with van der Waals surface area (Å²) in [4.78, 5) is 17.2. The van der Waals surface area contributed by atoms with Gasteiger partial charge in [0.05, 0.1) is 6.54 Å². The first-order valence-corrected chi connectivity index (χ1v) is 8.08. The third-order valence-corrected chi connectivity index (χ3v) is 4.82. The van der Waals surface area contributed by atoms with E-state index in [-0.39, 0.29) is 5.78 Å². The van der Waals surface area contributed by atoms with Crippen molar-refractivity contribution in [2.75, 3.05) is 32.7 Å². The van der Waals surface area contributed by atoms with Crippen LogP contribution in [0.2, 0.25) is 0 Å². The highest BCUT2D eigenvalue weighted by molar-refractivity contribution is 5.97. The van der Waals surface area contributed by atoms with Gasteiger partial charge in [-0.2, -0.15) is 0 Å². The van der Waals surface area contributed by atoms with Crippen LogP contribution in [-0.4, -0.2) is 54.3 Å². The maximum absolute atomic E-state index is 12.4. The van der Waals surface area contributed by atoms with E-state index in [0.717, 1.165) is 31.7 Å². The van der Waals surface area contributed by atoms with E-state index in [4.69, 9.17) is 0 Å². The quantitative estimate of drug-likeness (QED) is 0.778. The lowest BCUT2D eigenvalue weighted by Crippen LogP contribution is -2.50. The number of carbonyl (C=O) groups is 1. The van der Waals surface area contributed by atoms with Gasteiger partial charge in [-0.3, -0.25) is 14.6 Å². The van der Waals surface area contributed by atoms with Gasteiger partial charge in [-0.25, -0.2) is 0 Å². The summed E-state index contributed by atoms with van der Waals surface area (Å²) in [6, 6.07) is 6.68. The lowest BCUT2D eigenvalue weighted by Gasteiger charge is -2.37. The van der Waals surface area contributed by atoms with Gasteiger partial charge in [0.15, 0.2) is 5.78 Å². The van der Waals surface area contributed by atoms with Crippen molar-refractivity contribution < 1.29 is 4.79 Å². The molecule has 0 bridgehead atoms. The van der Waals surface area contributed by atoms with Crippen molar-refractivity contribution >= 4 is 5.78 Å². The van der Waals surface area contributed by atoms with Crippen molar-refractivity contribution in [1.82, 2.24) is 9.80 Å². The number of carbonyl (C=O) groups excluding carboxylic acids is 1. The fraction of sp³-hybridized carbons (Fsp3) is 0.611. The van der Waals surface area contributed by atoms with Crippen molar-refractivity contribution in [3.8, 4) is 0 Å². The smallest absolute Gasteiger partial charge is 0.176 e. The SMILES string of the molecule is CCC(C)N1CCN(CC(=O)c2ccc(C)c(C)c2)CC1. The van der Waals surface area contributed by atoms with Crippen LogP contribution in [0.25, 0.3) is 0 Å². The molecule has 0 amide bonds. The highest BCUT2D eigenvalue weighted by atomic mass is 16.1. The Labute approximate surface area is 128 Å². The van der Waals surface area contributed by atoms with Crippen molar-refractivity contribution in [3.05, 3.63) is 34.9 Å². The average molecular weight is 288 g/mol. The topological polar surface area (TPSA) is 23.6 Å². The first kappa shape index (κ1) is 16.2. The Bertz CT molecular complexity index is 490. The number of Topliss-reactive ketones (excluding diaryl/α,β-unsaturated/α-hetero) is 1. The van der Waals surface area contributed by atoms with Gasteiger partial charge in [-0.15, -0.1) is 0 Å². The van der Waals surface area contributed by atoms with E-state index in [9.17, 15) is 4.79 Å². The van der Waals surface area contributed by atoms with E-state index in [1.165, 1.54) is 17.5 Å². The van der Waals surface area contributed by atoms with E-state index >= 15 is 0 Å².